The van der Waals surface area contributed by atoms with Gasteiger partial charge in [0, 0.05) is 17.5 Å². The minimum Gasteiger partial charge on any atom is -0.494 e. The van der Waals surface area contributed by atoms with Crippen molar-refractivity contribution >= 4 is 33.6 Å². The second kappa shape index (κ2) is 7.19. The number of nitrogens with one attached hydrogen (secondary N) is 1. The molecule has 0 saturated carbocycles. The molecule has 0 fully saturated rings. The van der Waals surface area contributed by atoms with Gasteiger partial charge >= 0.3 is 0 Å². The van der Waals surface area contributed by atoms with E-state index in [1.165, 1.54) is 33.0 Å². The lowest BCUT2D eigenvalue weighted by atomic mass is 9.99. The third-order valence-corrected chi connectivity index (χ3v) is 4.71. The lowest BCUT2D eigenvalue weighted by Gasteiger charge is -2.13. The number of oxazole rings is 1. The van der Waals surface area contributed by atoms with Crippen LogP contribution in [-0.4, -0.2) is 45.3 Å². The van der Waals surface area contributed by atoms with E-state index in [9.17, 15) is 4.79 Å². The van der Waals surface area contributed by atoms with Gasteiger partial charge in [0.25, 0.3) is 11.1 Å². The number of hydrogen-bond acceptors (Lipinski definition) is 10. The number of anilines is 1. The number of rotatable bonds is 5. The van der Waals surface area contributed by atoms with Crippen LogP contribution in [0, 0.1) is 6.92 Å². The predicted molar refractivity (Wildman–Crippen MR) is 101 cm³/mol. The largest absolute Gasteiger partial charge is 0.494 e. The Hall–Kier alpha value is -3.60. The number of methoxy groups -OCH3 is 2. The molecule has 0 saturated heterocycles. The van der Waals surface area contributed by atoms with Crippen molar-refractivity contribution in [1.82, 2.24) is 25.1 Å². The van der Waals surface area contributed by atoms with Crippen molar-refractivity contribution in [2.75, 3.05) is 19.5 Å². The van der Waals surface area contributed by atoms with Gasteiger partial charge in [-0.2, -0.15) is 0 Å². The van der Waals surface area contributed by atoms with Crippen molar-refractivity contribution in [3.63, 3.8) is 0 Å². The molecule has 0 atom stereocenters. The van der Waals surface area contributed by atoms with Crippen molar-refractivity contribution in [2.45, 2.75) is 6.92 Å². The summed E-state index contributed by atoms with van der Waals surface area (Å²) in [4.78, 5) is 25.6. The van der Waals surface area contributed by atoms with E-state index < -0.39 is 5.91 Å². The molecule has 1 amide bonds. The van der Waals surface area contributed by atoms with Gasteiger partial charge in [-0.15, -0.1) is 5.10 Å². The normalized spacial score (nSPS) is 10.8. The summed E-state index contributed by atoms with van der Waals surface area (Å²) in [5.41, 5.74) is 3.03. The van der Waals surface area contributed by atoms with E-state index in [4.69, 9.17) is 13.9 Å². The molecular formula is C17H14N6O4S. The number of pyridine rings is 2. The number of fused-ring (bicyclic) bond motifs is 1. The van der Waals surface area contributed by atoms with E-state index in [0.29, 0.717) is 44.0 Å². The molecule has 4 aromatic heterocycles. The van der Waals surface area contributed by atoms with Crippen molar-refractivity contribution in [1.29, 1.82) is 0 Å². The van der Waals surface area contributed by atoms with Crippen LogP contribution in [0.15, 0.2) is 29.3 Å². The third-order valence-electron chi connectivity index (χ3n) is 3.91. The molecule has 11 heteroatoms. The van der Waals surface area contributed by atoms with Gasteiger partial charge in [-0.25, -0.2) is 9.97 Å². The molecule has 0 aliphatic heterocycles. The van der Waals surface area contributed by atoms with E-state index in [1.54, 1.807) is 6.07 Å². The molecule has 4 rings (SSSR count). The average Bonchev–Trinajstić information content (AvgIpc) is 3.35. The number of aryl methyl sites for hydroxylation is 1. The van der Waals surface area contributed by atoms with E-state index in [1.807, 2.05) is 6.92 Å². The Morgan fingerprint density at radius 2 is 2.00 bits per heavy atom. The van der Waals surface area contributed by atoms with Crippen LogP contribution in [0.1, 0.15) is 16.1 Å². The number of aromatic nitrogens is 5. The molecule has 0 aromatic carbocycles. The molecular weight excluding hydrogens is 384 g/mol. The van der Waals surface area contributed by atoms with Gasteiger partial charge in [-0.05, 0) is 24.3 Å². The molecule has 0 aliphatic carbocycles. The maximum absolute atomic E-state index is 12.9. The molecule has 142 valence electrons. The first-order valence-electron chi connectivity index (χ1n) is 8.02. The van der Waals surface area contributed by atoms with Crippen molar-refractivity contribution < 1.29 is 18.7 Å². The highest BCUT2D eigenvalue weighted by Gasteiger charge is 2.22. The predicted octanol–water partition coefficient (Wildman–Crippen LogP) is 2.71. The van der Waals surface area contributed by atoms with Gasteiger partial charge in [0.2, 0.25) is 10.8 Å². The Bertz CT molecular complexity index is 1170. The number of carbonyl (C=O) groups excluding carboxylic acids is 1. The monoisotopic (exact) mass is 398 g/mol. The highest BCUT2D eigenvalue weighted by atomic mass is 32.1. The van der Waals surface area contributed by atoms with E-state index in [-0.39, 0.29) is 0 Å². The molecule has 4 heterocycles. The maximum Gasteiger partial charge on any atom is 0.295 e. The lowest BCUT2D eigenvalue weighted by molar-refractivity contribution is 0.102. The molecule has 10 nitrogen and oxygen atoms in total. The van der Waals surface area contributed by atoms with Gasteiger partial charge in [0.15, 0.2) is 6.39 Å². The quantitative estimate of drug-likeness (QED) is 0.540. The van der Waals surface area contributed by atoms with Crippen LogP contribution in [-0.2, 0) is 0 Å². The minimum absolute atomic E-state index is 0.307. The Balaban J connectivity index is 1.84. The van der Waals surface area contributed by atoms with Gasteiger partial charge < -0.3 is 13.9 Å². The Labute approximate surface area is 162 Å². The summed E-state index contributed by atoms with van der Waals surface area (Å²) in [6.07, 6.45) is 4.31. The van der Waals surface area contributed by atoms with Crippen LogP contribution in [0.3, 0.4) is 0 Å². The summed E-state index contributed by atoms with van der Waals surface area (Å²) < 4.78 is 15.8. The molecule has 0 radical (unpaired) electrons. The van der Waals surface area contributed by atoms with Crippen LogP contribution >= 0.6 is 11.3 Å². The lowest BCUT2D eigenvalue weighted by Crippen LogP contribution is -2.14. The van der Waals surface area contributed by atoms with Gasteiger partial charge in [0.05, 0.1) is 31.5 Å². The minimum atomic E-state index is -0.406. The SMILES string of the molecule is COc1nnc(NC(=O)c2cnc(C)cc2-c2c(OC)cnc3ocnc23)s1. The zero-order chi connectivity index (χ0) is 19.7. The van der Waals surface area contributed by atoms with Crippen molar-refractivity contribution in [2.24, 2.45) is 0 Å². The molecule has 28 heavy (non-hydrogen) atoms. The number of hydrogen-bond donors (Lipinski definition) is 1. The van der Waals surface area contributed by atoms with E-state index in [0.717, 1.165) is 17.0 Å². The van der Waals surface area contributed by atoms with Gasteiger partial charge in [0.1, 0.15) is 11.3 Å². The molecule has 0 bridgehead atoms. The van der Waals surface area contributed by atoms with Crippen molar-refractivity contribution in [3.8, 4) is 22.1 Å². The summed E-state index contributed by atoms with van der Waals surface area (Å²) in [7, 11) is 3.00. The Morgan fingerprint density at radius 1 is 1.14 bits per heavy atom. The molecule has 4 aromatic rings. The van der Waals surface area contributed by atoms with Gasteiger partial charge in [-0.3, -0.25) is 15.1 Å². The second-order valence-corrected chi connectivity index (χ2v) is 6.55. The standard InChI is InChI=1S/C17H14N6O4S/c1-8-4-9(12-11(25-2)6-19-15-13(12)20-7-27-15)10(5-18-8)14(24)21-16-22-23-17(26-3)28-16/h4-7H,1-3H3,(H,21,22,24). The summed E-state index contributed by atoms with van der Waals surface area (Å²) in [6.45, 7) is 1.83. The fourth-order valence-corrected chi connectivity index (χ4v) is 3.23. The first-order valence-corrected chi connectivity index (χ1v) is 8.84. The zero-order valence-electron chi connectivity index (χ0n) is 15.1. The summed E-state index contributed by atoms with van der Waals surface area (Å²) in [5, 5.41) is 11.0. The number of ether oxygens (including phenoxy) is 2. The Morgan fingerprint density at radius 3 is 2.75 bits per heavy atom. The van der Waals surface area contributed by atoms with E-state index >= 15 is 0 Å². The number of carbonyl (C=O) groups is 1. The summed E-state index contributed by atoms with van der Waals surface area (Å²) in [6, 6.07) is 1.78. The molecule has 1 N–H and O–H groups in total. The highest BCUT2D eigenvalue weighted by molar-refractivity contribution is 7.17. The van der Waals surface area contributed by atoms with Crippen LogP contribution in [0.25, 0.3) is 22.4 Å². The highest BCUT2D eigenvalue weighted by Crippen LogP contribution is 2.37. The van der Waals surface area contributed by atoms with Crippen LogP contribution < -0.4 is 14.8 Å². The van der Waals surface area contributed by atoms with E-state index in [2.05, 4.69) is 30.5 Å². The summed E-state index contributed by atoms with van der Waals surface area (Å²) in [5.74, 6) is 0.0513. The smallest absolute Gasteiger partial charge is 0.295 e. The zero-order valence-corrected chi connectivity index (χ0v) is 15.9. The van der Waals surface area contributed by atoms with Crippen LogP contribution in [0.2, 0.25) is 0 Å². The van der Waals surface area contributed by atoms with Gasteiger partial charge in [-0.1, -0.05) is 5.10 Å². The topological polar surface area (TPSA) is 125 Å². The second-order valence-electron chi connectivity index (χ2n) is 5.61. The number of amides is 1. The fraction of sp³-hybridized carbons (Fsp3) is 0.176. The summed E-state index contributed by atoms with van der Waals surface area (Å²) >= 11 is 1.11. The molecule has 0 spiro atoms. The number of nitrogens with zero attached hydrogens (tertiary/aromatic N) is 5. The average molecular weight is 398 g/mol. The fourth-order valence-electron chi connectivity index (χ4n) is 2.67. The Kier molecular flexibility index (Phi) is 4.57. The van der Waals surface area contributed by atoms with Crippen LogP contribution in [0.4, 0.5) is 5.13 Å². The first-order chi connectivity index (χ1) is 13.6. The maximum atomic E-state index is 12.9. The van der Waals surface area contributed by atoms with Crippen LogP contribution in [0.5, 0.6) is 10.9 Å². The van der Waals surface area contributed by atoms with Crippen molar-refractivity contribution in [3.05, 3.63) is 36.1 Å². The third kappa shape index (κ3) is 3.11. The molecule has 0 unspecified atom stereocenters. The first kappa shape index (κ1) is 17.8. The molecule has 0 aliphatic rings.